The number of para-hydroxylation sites is 1. The molecule has 4 rings (SSSR count). The largest absolute Gasteiger partial charge is 0.494 e. The number of rotatable bonds is 2. The molecule has 1 aromatic heterocycles. The van der Waals surface area contributed by atoms with Crippen molar-refractivity contribution < 1.29 is 9.15 Å². The van der Waals surface area contributed by atoms with Crippen molar-refractivity contribution in [2.75, 3.05) is 7.11 Å². The van der Waals surface area contributed by atoms with Gasteiger partial charge in [0.15, 0.2) is 17.0 Å². The van der Waals surface area contributed by atoms with Crippen LogP contribution in [0.4, 0.5) is 0 Å². The SMILES string of the molecule is COc1cccc2oc(C3CC4CCC3N4)nc12. The van der Waals surface area contributed by atoms with Crippen molar-refractivity contribution in [3.63, 3.8) is 0 Å². The highest BCUT2D eigenvalue weighted by atomic mass is 16.5. The molecule has 0 spiro atoms. The number of methoxy groups -OCH3 is 1. The van der Waals surface area contributed by atoms with E-state index in [-0.39, 0.29) is 0 Å². The maximum Gasteiger partial charge on any atom is 0.200 e. The Morgan fingerprint density at radius 1 is 1.39 bits per heavy atom. The molecule has 2 aromatic rings. The van der Waals surface area contributed by atoms with E-state index in [4.69, 9.17) is 9.15 Å². The van der Waals surface area contributed by atoms with Crippen LogP contribution in [0.3, 0.4) is 0 Å². The van der Waals surface area contributed by atoms with E-state index in [9.17, 15) is 0 Å². The summed E-state index contributed by atoms with van der Waals surface area (Å²) in [6.45, 7) is 0. The third kappa shape index (κ3) is 1.38. The molecule has 0 radical (unpaired) electrons. The van der Waals surface area contributed by atoms with Crippen LogP contribution in [-0.4, -0.2) is 24.2 Å². The van der Waals surface area contributed by atoms with Gasteiger partial charge in [-0.3, -0.25) is 0 Å². The molecule has 1 N–H and O–H groups in total. The Kier molecular flexibility index (Phi) is 2.14. The van der Waals surface area contributed by atoms with E-state index >= 15 is 0 Å². The normalized spacial score (nSPS) is 30.2. The average molecular weight is 244 g/mol. The van der Waals surface area contributed by atoms with E-state index in [0.29, 0.717) is 18.0 Å². The van der Waals surface area contributed by atoms with Crippen LogP contribution in [-0.2, 0) is 0 Å². The van der Waals surface area contributed by atoms with Gasteiger partial charge in [-0.2, -0.15) is 0 Å². The highest BCUT2D eigenvalue weighted by Gasteiger charge is 2.42. The van der Waals surface area contributed by atoms with Gasteiger partial charge in [-0.1, -0.05) is 6.07 Å². The predicted octanol–water partition coefficient (Wildman–Crippen LogP) is 2.44. The number of aromatic nitrogens is 1. The lowest BCUT2D eigenvalue weighted by atomic mass is 9.89. The van der Waals surface area contributed by atoms with Crippen molar-refractivity contribution in [3.8, 4) is 5.75 Å². The lowest BCUT2D eigenvalue weighted by Crippen LogP contribution is -2.21. The minimum Gasteiger partial charge on any atom is -0.494 e. The fraction of sp³-hybridized carbons (Fsp3) is 0.500. The topological polar surface area (TPSA) is 47.3 Å². The molecule has 3 heterocycles. The quantitative estimate of drug-likeness (QED) is 0.881. The Labute approximate surface area is 105 Å². The highest BCUT2D eigenvalue weighted by Crippen LogP contribution is 2.41. The van der Waals surface area contributed by atoms with E-state index < -0.39 is 0 Å². The molecule has 3 atom stereocenters. The fourth-order valence-electron chi connectivity index (χ4n) is 3.36. The molecule has 0 saturated carbocycles. The van der Waals surface area contributed by atoms with E-state index in [0.717, 1.165) is 29.2 Å². The number of benzene rings is 1. The molecule has 0 amide bonds. The van der Waals surface area contributed by atoms with Crippen LogP contribution in [0.15, 0.2) is 22.6 Å². The summed E-state index contributed by atoms with van der Waals surface area (Å²) in [7, 11) is 1.67. The van der Waals surface area contributed by atoms with Gasteiger partial charge in [-0.05, 0) is 31.4 Å². The van der Waals surface area contributed by atoms with Gasteiger partial charge >= 0.3 is 0 Å². The molecular weight excluding hydrogens is 228 g/mol. The van der Waals surface area contributed by atoms with E-state index in [1.165, 1.54) is 12.8 Å². The lowest BCUT2D eigenvalue weighted by Gasteiger charge is -2.15. The summed E-state index contributed by atoms with van der Waals surface area (Å²) in [6.07, 6.45) is 3.69. The summed E-state index contributed by atoms with van der Waals surface area (Å²) in [4.78, 5) is 4.65. The van der Waals surface area contributed by atoms with Gasteiger partial charge in [0.25, 0.3) is 0 Å². The maximum atomic E-state index is 5.92. The van der Waals surface area contributed by atoms with Gasteiger partial charge in [-0.25, -0.2) is 4.98 Å². The first-order chi connectivity index (χ1) is 8.85. The molecular formula is C14H16N2O2. The van der Waals surface area contributed by atoms with Crippen molar-refractivity contribution in [3.05, 3.63) is 24.1 Å². The van der Waals surface area contributed by atoms with E-state index in [1.54, 1.807) is 7.11 Å². The van der Waals surface area contributed by atoms with E-state index in [1.807, 2.05) is 18.2 Å². The van der Waals surface area contributed by atoms with Gasteiger partial charge in [0.05, 0.1) is 13.0 Å². The van der Waals surface area contributed by atoms with Crippen LogP contribution >= 0.6 is 0 Å². The molecule has 94 valence electrons. The smallest absolute Gasteiger partial charge is 0.200 e. The predicted molar refractivity (Wildman–Crippen MR) is 67.9 cm³/mol. The summed E-state index contributed by atoms with van der Waals surface area (Å²) in [6, 6.07) is 7.03. The Balaban J connectivity index is 1.77. The average Bonchev–Trinajstić information content (AvgIpc) is 3.11. The number of fused-ring (bicyclic) bond motifs is 3. The third-order valence-corrected chi connectivity index (χ3v) is 4.24. The van der Waals surface area contributed by atoms with Gasteiger partial charge in [0.2, 0.25) is 0 Å². The number of hydrogen-bond acceptors (Lipinski definition) is 4. The van der Waals surface area contributed by atoms with Crippen LogP contribution in [0.2, 0.25) is 0 Å². The van der Waals surface area contributed by atoms with Gasteiger partial charge in [0.1, 0.15) is 5.75 Å². The molecule has 4 heteroatoms. The number of nitrogens with one attached hydrogen (secondary N) is 1. The van der Waals surface area contributed by atoms with Crippen molar-refractivity contribution in [1.82, 2.24) is 10.3 Å². The van der Waals surface area contributed by atoms with Crippen molar-refractivity contribution in [1.29, 1.82) is 0 Å². The monoisotopic (exact) mass is 244 g/mol. The fourth-order valence-corrected chi connectivity index (χ4v) is 3.36. The molecule has 2 bridgehead atoms. The first-order valence-electron chi connectivity index (χ1n) is 6.54. The second-order valence-corrected chi connectivity index (χ2v) is 5.25. The lowest BCUT2D eigenvalue weighted by molar-refractivity contribution is 0.408. The molecule has 2 aliphatic heterocycles. The third-order valence-electron chi connectivity index (χ3n) is 4.24. The molecule has 0 aliphatic carbocycles. The Morgan fingerprint density at radius 2 is 2.33 bits per heavy atom. The van der Waals surface area contributed by atoms with E-state index in [2.05, 4.69) is 10.3 Å². The minimum atomic E-state index is 0.431. The zero-order valence-electron chi connectivity index (χ0n) is 10.3. The van der Waals surface area contributed by atoms with Crippen molar-refractivity contribution in [2.45, 2.75) is 37.3 Å². The summed E-state index contributed by atoms with van der Waals surface area (Å²) < 4.78 is 11.2. The minimum absolute atomic E-state index is 0.431. The standard InChI is InChI=1S/C14H16N2O2/c1-17-11-3-2-4-12-13(11)16-14(18-12)9-7-8-5-6-10(9)15-8/h2-4,8-10,15H,5-7H2,1H3. The number of nitrogens with zero attached hydrogens (tertiary/aromatic N) is 1. The summed E-state index contributed by atoms with van der Waals surface area (Å²) in [5.41, 5.74) is 1.67. The van der Waals surface area contributed by atoms with Crippen molar-refractivity contribution in [2.24, 2.45) is 0 Å². The van der Waals surface area contributed by atoms with Gasteiger partial charge in [-0.15, -0.1) is 0 Å². The Hall–Kier alpha value is -1.55. The van der Waals surface area contributed by atoms with Gasteiger partial charge in [0, 0.05) is 12.1 Å². The Morgan fingerprint density at radius 3 is 3.06 bits per heavy atom. The molecule has 3 unspecified atom stereocenters. The van der Waals surface area contributed by atoms with Crippen LogP contribution in [0.1, 0.15) is 31.1 Å². The Bertz CT molecular complexity index is 592. The van der Waals surface area contributed by atoms with Crippen LogP contribution < -0.4 is 10.1 Å². The van der Waals surface area contributed by atoms with Crippen molar-refractivity contribution >= 4 is 11.1 Å². The second-order valence-electron chi connectivity index (χ2n) is 5.25. The number of ether oxygens (including phenoxy) is 1. The maximum absolute atomic E-state index is 5.92. The van der Waals surface area contributed by atoms with Crippen LogP contribution in [0, 0.1) is 0 Å². The number of hydrogen-bond donors (Lipinski definition) is 1. The second kappa shape index (κ2) is 3.72. The zero-order valence-corrected chi connectivity index (χ0v) is 10.3. The first-order valence-corrected chi connectivity index (χ1v) is 6.54. The summed E-state index contributed by atoms with van der Waals surface area (Å²) >= 11 is 0. The zero-order chi connectivity index (χ0) is 12.1. The molecule has 4 nitrogen and oxygen atoms in total. The van der Waals surface area contributed by atoms with Crippen LogP contribution in [0.5, 0.6) is 5.75 Å². The summed E-state index contributed by atoms with van der Waals surface area (Å²) in [5, 5.41) is 3.62. The summed E-state index contributed by atoms with van der Waals surface area (Å²) in [5.74, 6) is 2.09. The molecule has 2 fully saturated rings. The molecule has 2 saturated heterocycles. The molecule has 2 aliphatic rings. The molecule has 18 heavy (non-hydrogen) atoms. The van der Waals surface area contributed by atoms with Crippen LogP contribution in [0.25, 0.3) is 11.1 Å². The number of oxazole rings is 1. The van der Waals surface area contributed by atoms with Gasteiger partial charge < -0.3 is 14.5 Å². The highest BCUT2D eigenvalue weighted by molar-refractivity contribution is 5.79. The first kappa shape index (κ1) is 10.4. The molecule has 1 aromatic carbocycles.